The third kappa shape index (κ3) is 1.89. The molecule has 1 unspecified atom stereocenters. The molecular weight excluding hydrogens is 150 g/mol. The Morgan fingerprint density at radius 2 is 1.92 bits per heavy atom. The van der Waals surface area contributed by atoms with Gasteiger partial charge in [0.15, 0.2) is 0 Å². The van der Waals surface area contributed by atoms with E-state index in [9.17, 15) is 0 Å². The van der Waals surface area contributed by atoms with Crippen LogP contribution < -0.4 is 5.73 Å². The molecule has 0 bridgehead atoms. The molecule has 0 spiro atoms. The molecule has 0 saturated carbocycles. The highest BCUT2D eigenvalue weighted by molar-refractivity contribution is 5.11. The van der Waals surface area contributed by atoms with Gasteiger partial charge >= 0.3 is 0 Å². The molecule has 0 aliphatic carbocycles. The number of rotatable bonds is 1. The van der Waals surface area contributed by atoms with Gasteiger partial charge in [-0.15, -0.1) is 0 Å². The fraction of sp³-hybridized carbons (Fsp3) is 0.600. The van der Waals surface area contributed by atoms with E-state index >= 15 is 0 Å². The van der Waals surface area contributed by atoms with Gasteiger partial charge in [0.2, 0.25) is 0 Å². The zero-order chi connectivity index (χ0) is 9.35. The Morgan fingerprint density at radius 1 is 1.33 bits per heavy atom. The van der Waals surface area contributed by atoms with Crippen LogP contribution in [0, 0.1) is 12.3 Å². The zero-order valence-corrected chi connectivity index (χ0v) is 8.22. The van der Waals surface area contributed by atoms with Crippen LogP contribution in [-0.4, -0.2) is 0 Å². The van der Waals surface area contributed by atoms with Crippen molar-refractivity contribution in [3.8, 4) is 0 Å². The van der Waals surface area contributed by atoms with E-state index in [1.165, 1.54) is 0 Å². The van der Waals surface area contributed by atoms with Crippen molar-refractivity contribution >= 4 is 0 Å². The predicted octanol–water partition coefficient (Wildman–Crippen LogP) is 2.63. The third-order valence-corrected chi connectivity index (χ3v) is 2.00. The molecule has 0 fully saturated rings. The van der Waals surface area contributed by atoms with Crippen LogP contribution in [0.15, 0.2) is 16.5 Å². The minimum atomic E-state index is -0.0220. The van der Waals surface area contributed by atoms with E-state index in [0.29, 0.717) is 0 Å². The van der Waals surface area contributed by atoms with Gasteiger partial charge in [-0.2, -0.15) is 0 Å². The largest absolute Gasteiger partial charge is 0.465 e. The Morgan fingerprint density at radius 3 is 2.25 bits per heavy atom. The van der Waals surface area contributed by atoms with Gasteiger partial charge in [0.25, 0.3) is 0 Å². The first-order valence-corrected chi connectivity index (χ1v) is 4.23. The number of hydrogen-bond acceptors (Lipinski definition) is 2. The van der Waals surface area contributed by atoms with E-state index in [0.717, 1.165) is 11.5 Å². The molecule has 68 valence electrons. The van der Waals surface area contributed by atoms with Gasteiger partial charge < -0.3 is 10.2 Å². The van der Waals surface area contributed by atoms with Crippen LogP contribution >= 0.6 is 0 Å². The maximum Gasteiger partial charge on any atom is 0.121 e. The summed E-state index contributed by atoms with van der Waals surface area (Å²) in [5.41, 5.74) is 6.05. The molecule has 1 aromatic rings. The van der Waals surface area contributed by atoms with Crippen molar-refractivity contribution in [2.24, 2.45) is 11.1 Å². The van der Waals surface area contributed by atoms with Crippen LogP contribution in [0.4, 0.5) is 0 Å². The second-order valence-corrected chi connectivity index (χ2v) is 4.29. The summed E-state index contributed by atoms with van der Waals surface area (Å²) in [7, 11) is 0. The van der Waals surface area contributed by atoms with Crippen molar-refractivity contribution < 1.29 is 4.42 Å². The molecule has 1 heterocycles. The highest BCUT2D eigenvalue weighted by Gasteiger charge is 2.24. The fourth-order valence-corrected chi connectivity index (χ4v) is 1.05. The van der Waals surface area contributed by atoms with Gasteiger partial charge in [-0.1, -0.05) is 20.8 Å². The number of hydrogen-bond donors (Lipinski definition) is 1. The fourth-order valence-electron chi connectivity index (χ4n) is 1.05. The van der Waals surface area contributed by atoms with E-state index in [-0.39, 0.29) is 11.5 Å². The Bertz CT molecular complexity index is 257. The van der Waals surface area contributed by atoms with E-state index in [2.05, 4.69) is 20.8 Å². The summed E-state index contributed by atoms with van der Waals surface area (Å²) in [4.78, 5) is 0. The monoisotopic (exact) mass is 167 g/mol. The Labute approximate surface area is 73.8 Å². The number of aryl methyl sites for hydroxylation is 1. The Hall–Kier alpha value is -0.760. The first-order chi connectivity index (χ1) is 5.41. The van der Waals surface area contributed by atoms with E-state index < -0.39 is 0 Å². The van der Waals surface area contributed by atoms with Crippen LogP contribution in [0.3, 0.4) is 0 Å². The Kier molecular flexibility index (Phi) is 2.29. The highest BCUT2D eigenvalue weighted by atomic mass is 16.3. The Balaban J connectivity index is 2.85. The molecule has 0 saturated heterocycles. The van der Waals surface area contributed by atoms with Crippen LogP contribution in [0.5, 0.6) is 0 Å². The first kappa shape index (κ1) is 9.33. The number of nitrogens with two attached hydrogens (primary N) is 1. The summed E-state index contributed by atoms with van der Waals surface area (Å²) in [6, 6.07) is 3.87. The predicted molar refractivity (Wildman–Crippen MR) is 49.8 cm³/mol. The number of furan rings is 1. The van der Waals surface area contributed by atoms with Gasteiger partial charge in [-0.25, -0.2) is 0 Å². The summed E-state index contributed by atoms with van der Waals surface area (Å²) < 4.78 is 5.45. The normalized spacial score (nSPS) is 14.8. The lowest BCUT2D eigenvalue weighted by atomic mass is 9.86. The second-order valence-electron chi connectivity index (χ2n) is 4.29. The van der Waals surface area contributed by atoms with Crippen molar-refractivity contribution in [1.82, 2.24) is 0 Å². The van der Waals surface area contributed by atoms with Crippen LogP contribution in [0.2, 0.25) is 0 Å². The lowest BCUT2D eigenvalue weighted by molar-refractivity contribution is 0.282. The van der Waals surface area contributed by atoms with Crippen molar-refractivity contribution in [1.29, 1.82) is 0 Å². The molecule has 12 heavy (non-hydrogen) atoms. The molecule has 2 heteroatoms. The van der Waals surface area contributed by atoms with Crippen LogP contribution in [-0.2, 0) is 0 Å². The van der Waals surface area contributed by atoms with Gasteiger partial charge in [-0.05, 0) is 24.5 Å². The van der Waals surface area contributed by atoms with Crippen molar-refractivity contribution in [2.45, 2.75) is 33.7 Å². The summed E-state index contributed by atoms with van der Waals surface area (Å²) in [5, 5.41) is 0. The SMILES string of the molecule is Cc1ccc(C(N)C(C)(C)C)o1. The second kappa shape index (κ2) is 2.94. The minimum Gasteiger partial charge on any atom is -0.465 e. The van der Waals surface area contributed by atoms with Crippen molar-refractivity contribution in [2.75, 3.05) is 0 Å². The first-order valence-electron chi connectivity index (χ1n) is 4.23. The summed E-state index contributed by atoms with van der Waals surface area (Å²) >= 11 is 0. The van der Waals surface area contributed by atoms with E-state index in [1.54, 1.807) is 0 Å². The summed E-state index contributed by atoms with van der Waals surface area (Å²) in [6.07, 6.45) is 0. The van der Waals surface area contributed by atoms with Gasteiger partial charge in [0.1, 0.15) is 11.5 Å². The molecule has 1 rings (SSSR count). The molecule has 2 N–H and O–H groups in total. The average Bonchev–Trinajstić information content (AvgIpc) is 2.32. The summed E-state index contributed by atoms with van der Waals surface area (Å²) in [6.45, 7) is 8.25. The van der Waals surface area contributed by atoms with E-state index in [1.807, 2.05) is 19.1 Å². The molecule has 0 aliphatic heterocycles. The standard InChI is InChI=1S/C10H17NO/c1-7-5-6-8(12-7)9(11)10(2,3)4/h5-6,9H,11H2,1-4H3. The average molecular weight is 167 g/mol. The molecule has 1 aromatic heterocycles. The maximum absolute atomic E-state index is 5.99. The minimum absolute atomic E-state index is 0.0220. The van der Waals surface area contributed by atoms with Crippen molar-refractivity contribution in [3.63, 3.8) is 0 Å². The van der Waals surface area contributed by atoms with E-state index in [4.69, 9.17) is 10.2 Å². The molecule has 1 atom stereocenters. The summed E-state index contributed by atoms with van der Waals surface area (Å²) in [5.74, 6) is 1.80. The van der Waals surface area contributed by atoms with Gasteiger partial charge in [-0.3, -0.25) is 0 Å². The molecule has 0 aromatic carbocycles. The molecule has 0 aliphatic rings. The van der Waals surface area contributed by atoms with Crippen LogP contribution in [0.1, 0.15) is 38.3 Å². The smallest absolute Gasteiger partial charge is 0.121 e. The lowest BCUT2D eigenvalue weighted by Gasteiger charge is -2.24. The topological polar surface area (TPSA) is 39.2 Å². The van der Waals surface area contributed by atoms with Gasteiger partial charge in [0, 0.05) is 0 Å². The van der Waals surface area contributed by atoms with Crippen molar-refractivity contribution in [3.05, 3.63) is 23.7 Å². The third-order valence-electron chi connectivity index (χ3n) is 2.00. The lowest BCUT2D eigenvalue weighted by Crippen LogP contribution is -2.25. The highest BCUT2D eigenvalue weighted by Crippen LogP contribution is 2.30. The molecular formula is C10H17NO. The molecule has 0 radical (unpaired) electrons. The van der Waals surface area contributed by atoms with Gasteiger partial charge in [0.05, 0.1) is 6.04 Å². The molecule has 2 nitrogen and oxygen atoms in total. The van der Waals surface area contributed by atoms with Crippen LogP contribution in [0.25, 0.3) is 0 Å². The molecule has 0 amide bonds. The quantitative estimate of drug-likeness (QED) is 0.698. The zero-order valence-electron chi connectivity index (χ0n) is 8.22. The maximum atomic E-state index is 5.99.